The molecule has 1 amide bonds. The molecule has 2 aromatic heterocycles. The van der Waals surface area contributed by atoms with Crippen LogP contribution in [0.4, 0.5) is 0 Å². The lowest BCUT2D eigenvalue weighted by molar-refractivity contribution is -0.121. The standard InChI is InChI=1S/C26H31N5O3S/c1-30-24-10-9-20(35(33,34)31-15-5-2-6-16-31)17-23(24)29-25(30)11-12-26(32)27-14-13-19-18-28-22-8-4-3-7-21(19)22/h3-4,7-10,17-18,28H,2,5-6,11-16H2,1H3,(H,27,32). The number of carbonyl (C=O) groups excluding carboxylic acids is 1. The SMILES string of the molecule is Cn1c(CCC(=O)NCCc2c[nH]c3ccccc23)nc2cc(S(=O)(=O)N3CCCCC3)ccc21. The van der Waals surface area contributed by atoms with Crippen molar-refractivity contribution in [2.45, 2.75) is 43.4 Å². The molecule has 0 aliphatic carbocycles. The summed E-state index contributed by atoms with van der Waals surface area (Å²) < 4.78 is 29.6. The Bertz CT molecular complexity index is 1460. The van der Waals surface area contributed by atoms with E-state index in [0.29, 0.717) is 38.0 Å². The molecule has 3 heterocycles. The smallest absolute Gasteiger partial charge is 0.243 e. The lowest BCUT2D eigenvalue weighted by Crippen LogP contribution is -2.35. The zero-order chi connectivity index (χ0) is 24.4. The van der Waals surface area contributed by atoms with Crippen molar-refractivity contribution in [1.82, 2.24) is 24.2 Å². The van der Waals surface area contributed by atoms with Crippen LogP contribution in [-0.2, 0) is 34.7 Å². The van der Waals surface area contributed by atoms with Crippen LogP contribution in [0.1, 0.15) is 37.1 Å². The summed E-state index contributed by atoms with van der Waals surface area (Å²) in [4.78, 5) is 20.7. The third-order valence-corrected chi connectivity index (χ3v) is 8.76. The second-order valence-corrected chi connectivity index (χ2v) is 11.1. The maximum Gasteiger partial charge on any atom is 0.243 e. The van der Waals surface area contributed by atoms with E-state index in [-0.39, 0.29) is 10.8 Å². The van der Waals surface area contributed by atoms with Crippen molar-refractivity contribution in [2.24, 2.45) is 7.05 Å². The summed E-state index contributed by atoms with van der Waals surface area (Å²) in [6, 6.07) is 13.3. The first-order chi connectivity index (χ1) is 16.9. The molecule has 4 aromatic rings. The number of aromatic amines is 1. The Labute approximate surface area is 205 Å². The Morgan fingerprint density at radius 3 is 2.71 bits per heavy atom. The number of aryl methyl sites for hydroxylation is 2. The number of H-pyrrole nitrogens is 1. The summed E-state index contributed by atoms with van der Waals surface area (Å²) in [7, 11) is -1.61. The molecular weight excluding hydrogens is 462 g/mol. The highest BCUT2D eigenvalue weighted by Gasteiger charge is 2.26. The van der Waals surface area contributed by atoms with Crippen LogP contribution in [0.15, 0.2) is 53.6 Å². The van der Waals surface area contributed by atoms with Gasteiger partial charge in [0.2, 0.25) is 15.9 Å². The van der Waals surface area contributed by atoms with Gasteiger partial charge in [0.05, 0.1) is 15.9 Å². The molecule has 35 heavy (non-hydrogen) atoms. The minimum Gasteiger partial charge on any atom is -0.361 e. The highest BCUT2D eigenvalue weighted by Crippen LogP contribution is 2.25. The highest BCUT2D eigenvalue weighted by molar-refractivity contribution is 7.89. The highest BCUT2D eigenvalue weighted by atomic mass is 32.2. The fourth-order valence-corrected chi connectivity index (χ4v) is 6.39. The summed E-state index contributed by atoms with van der Waals surface area (Å²) in [6.07, 6.45) is 6.44. The fourth-order valence-electron chi connectivity index (χ4n) is 4.86. The van der Waals surface area contributed by atoms with Crippen LogP contribution in [0.3, 0.4) is 0 Å². The number of rotatable bonds is 8. The summed E-state index contributed by atoms with van der Waals surface area (Å²) in [5.41, 5.74) is 3.78. The summed E-state index contributed by atoms with van der Waals surface area (Å²) in [5.74, 6) is 0.740. The zero-order valence-corrected chi connectivity index (χ0v) is 20.8. The van der Waals surface area contributed by atoms with E-state index >= 15 is 0 Å². The number of piperidine rings is 1. The molecule has 0 atom stereocenters. The van der Waals surface area contributed by atoms with Crippen molar-refractivity contribution < 1.29 is 13.2 Å². The molecule has 9 heteroatoms. The van der Waals surface area contributed by atoms with E-state index in [1.807, 2.05) is 42.1 Å². The number of hydrogen-bond donors (Lipinski definition) is 2. The summed E-state index contributed by atoms with van der Waals surface area (Å²) >= 11 is 0. The second-order valence-electron chi connectivity index (χ2n) is 9.16. The van der Waals surface area contributed by atoms with Crippen molar-refractivity contribution in [3.63, 3.8) is 0 Å². The molecular formula is C26H31N5O3S. The number of nitrogens with one attached hydrogen (secondary N) is 2. The quantitative estimate of drug-likeness (QED) is 0.392. The Morgan fingerprint density at radius 1 is 1.09 bits per heavy atom. The first kappa shape index (κ1) is 23.6. The number of fused-ring (bicyclic) bond motifs is 2. The van der Waals surface area contributed by atoms with Gasteiger partial charge in [-0.25, -0.2) is 13.4 Å². The fraction of sp³-hybridized carbons (Fsp3) is 0.385. The summed E-state index contributed by atoms with van der Waals surface area (Å²) in [6.45, 7) is 1.72. The largest absolute Gasteiger partial charge is 0.361 e. The minimum atomic E-state index is -3.51. The molecule has 8 nitrogen and oxygen atoms in total. The predicted molar refractivity (Wildman–Crippen MR) is 137 cm³/mol. The molecule has 0 unspecified atom stereocenters. The zero-order valence-electron chi connectivity index (χ0n) is 20.0. The molecule has 0 bridgehead atoms. The van der Waals surface area contributed by atoms with E-state index in [4.69, 9.17) is 0 Å². The Hall–Kier alpha value is -3.17. The average Bonchev–Trinajstić information content (AvgIpc) is 3.43. The average molecular weight is 494 g/mol. The lowest BCUT2D eigenvalue weighted by atomic mass is 10.1. The summed E-state index contributed by atoms with van der Waals surface area (Å²) in [5, 5.41) is 4.18. The van der Waals surface area contributed by atoms with Crippen LogP contribution in [0, 0.1) is 0 Å². The van der Waals surface area contributed by atoms with E-state index < -0.39 is 10.0 Å². The van der Waals surface area contributed by atoms with Gasteiger partial charge in [0, 0.05) is 56.6 Å². The predicted octanol–water partition coefficient (Wildman–Crippen LogP) is 3.52. The maximum absolute atomic E-state index is 13.0. The first-order valence-corrected chi connectivity index (χ1v) is 13.6. The number of benzene rings is 2. The number of nitrogens with zero attached hydrogens (tertiary/aromatic N) is 3. The van der Waals surface area contributed by atoms with Crippen molar-refractivity contribution in [3.8, 4) is 0 Å². The number of imidazole rings is 1. The van der Waals surface area contributed by atoms with Gasteiger partial charge in [-0.3, -0.25) is 4.79 Å². The number of para-hydroxylation sites is 1. The third kappa shape index (κ3) is 4.83. The van der Waals surface area contributed by atoms with Gasteiger partial charge < -0.3 is 14.9 Å². The van der Waals surface area contributed by atoms with E-state index in [9.17, 15) is 13.2 Å². The molecule has 5 rings (SSSR count). The number of hydrogen-bond acceptors (Lipinski definition) is 4. The van der Waals surface area contributed by atoms with Gasteiger partial charge in [0.1, 0.15) is 5.82 Å². The van der Waals surface area contributed by atoms with Crippen LogP contribution in [0.25, 0.3) is 21.9 Å². The number of sulfonamides is 1. The first-order valence-electron chi connectivity index (χ1n) is 12.2. The number of aromatic nitrogens is 3. The normalized spacial score (nSPS) is 15.1. The molecule has 0 saturated carbocycles. The van der Waals surface area contributed by atoms with Crippen LogP contribution < -0.4 is 5.32 Å². The van der Waals surface area contributed by atoms with Gasteiger partial charge in [-0.2, -0.15) is 4.31 Å². The monoisotopic (exact) mass is 493 g/mol. The molecule has 0 radical (unpaired) electrons. The van der Waals surface area contributed by atoms with Crippen molar-refractivity contribution in [2.75, 3.05) is 19.6 Å². The molecule has 2 N–H and O–H groups in total. The van der Waals surface area contributed by atoms with E-state index in [0.717, 1.165) is 42.5 Å². The Balaban J connectivity index is 1.20. The van der Waals surface area contributed by atoms with Crippen molar-refractivity contribution in [1.29, 1.82) is 0 Å². The van der Waals surface area contributed by atoms with E-state index in [1.165, 1.54) is 10.9 Å². The van der Waals surface area contributed by atoms with Gasteiger partial charge in [-0.1, -0.05) is 24.6 Å². The van der Waals surface area contributed by atoms with Crippen LogP contribution >= 0.6 is 0 Å². The Kier molecular flexibility index (Phi) is 6.62. The third-order valence-electron chi connectivity index (χ3n) is 6.86. The number of amides is 1. The molecule has 184 valence electrons. The molecule has 1 fully saturated rings. The lowest BCUT2D eigenvalue weighted by Gasteiger charge is -2.25. The molecule has 1 saturated heterocycles. The molecule has 1 aliphatic heterocycles. The van der Waals surface area contributed by atoms with Crippen molar-refractivity contribution in [3.05, 3.63) is 60.0 Å². The Morgan fingerprint density at radius 2 is 1.89 bits per heavy atom. The van der Waals surface area contributed by atoms with Gasteiger partial charge in [0.25, 0.3) is 0 Å². The van der Waals surface area contributed by atoms with Crippen LogP contribution in [0.5, 0.6) is 0 Å². The number of carbonyl (C=O) groups is 1. The van der Waals surface area contributed by atoms with E-state index in [2.05, 4.69) is 21.4 Å². The van der Waals surface area contributed by atoms with Crippen LogP contribution in [-0.4, -0.2) is 52.8 Å². The van der Waals surface area contributed by atoms with Crippen molar-refractivity contribution >= 4 is 37.9 Å². The molecule has 1 aliphatic rings. The van der Waals surface area contributed by atoms with E-state index in [1.54, 1.807) is 16.4 Å². The van der Waals surface area contributed by atoms with Gasteiger partial charge in [-0.15, -0.1) is 0 Å². The van der Waals surface area contributed by atoms with Crippen LogP contribution in [0.2, 0.25) is 0 Å². The minimum absolute atomic E-state index is 0.0229. The van der Waals surface area contributed by atoms with Gasteiger partial charge >= 0.3 is 0 Å². The topological polar surface area (TPSA) is 100 Å². The maximum atomic E-state index is 13.0. The molecule has 2 aromatic carbocycles. The second kappa shape index (κ2) is 9.83. The van der Waals surface area contributed by atoms with Gasteiger partial charge in [-0.05, 0) is 49.1 Å². The van der Waals surface area contributed by atoms with Gasteiger partial charge in [0.15, 0.2) is 0 Å². The molecule has 0 spiro atoms.